The highest BCUT2D eigenvalue weighted by Crippen LogP contribution is 2.29. The van der Waals surface area contributed by atoms with E-state index < -0.39 is 0 Å². The van der Waals surface area contributed by atoms with E-state index in [1.807, 2.05) is 23.1 Å². The Kier molecular flexibility index (Phi) is 3.80. The van der Waals surface area contributed by atoms with Crippen molar-refractivity contribution in [2.75, 3.05) is 18.8 Å². The van der Waals surface area contributed by atoms with Crippen LogP contribution in [0.1, 0.15) is 28.3 Å². The minimum absolute atomic E-state index is 0.0989. The number of nitrogens with zero attached hydrogens (tertiary/aromatic N) is 2. The van der Waals surface area contributed by atoms with Crippen LogP contribution >= 0.6 is 11.6 Å². The first-order valence-electron chi connectivity index (χ1n) is 6.90. The fourth-order valence-electron chi connectivity index (χ4n) is 2.73. The molecule has 4 nitrogen and oxygen atoms in total. The van der Waals surface area contributed by atoms with Crippen LogP contribution in [0.3, 0.4) is 0 Å². The average Bonchev–Trinajstić information content (AvgIpc) is 3.00. The van der Waals surface area contributed by atoms with Crippen molar-refractivity contribution >= 4 is 23.2 Å². The van der Waals surface area contributed by atoms with Gasteiger partial charge < -0.3 is 10.6 Å². The van der Waals surface area contributed by atoms with Gasteiger partial charge in [0.15, 0.2) is 0 Å². The van der Waals surface area contributed by atoms with Crippen molar-refractivity contribution < 1.29 is 4.79 Å². The lowest BCUT2D eigenvalue weighted by molar-refractivity contribution is 0.0790. The second kappa shape index (κ2) is 5.74. The molecule has 1 aromatic carbocycles. The van der Waals surface area contributed by atoms with E-state index in [-0.39, 0.29) is 11.1 Å². The number of hydrogen-bond donors (Lipinski definition) is 1. The zero-order valence-electron chi connectivity index (χ0n) is 11.5. The number of aromatic nitrogens is 1. The lowest BCUT2D eigenvalue weighted by Crippen LogP contribution is -2.29. The van der Waals surface area contributed by atoms with Crippen LogP contribution in [0.2, 0.25) is 5.15 Å². The number of benzene rings is 1. The molecule has 1 aliphatic heterocycles. The van der Waals surface area contributed by atoms with E-state index in [4.69, 9.17) is 17.3 Å². The Balaban J connectivity index is 1.77. The number of rotatable bonds is 2. The van der Waals surface area contributed by atoms with Crippen LogP contribution < -0.4 is 5.73 Å². The zero-order chi connectivity index (χ0) is 14.8. The fourth-order valence-corrected chi connectivity index (χ4v) is 2.91. The Labute approximate surface area is 128 Å². The van der Waals surface area contributed by atoms with Gasteiger partial charge in [-0.2, -0.15) is 0 Å². The molecule has 1 fully saturated rings. The average molecular weight is 302 g/mol. The van der Waals surface area contributed by atoms with Crippen LogP contribution in [0.25, 0.3) is 0 Å². The number of nitrogens with two attached hydrogens (primary N) is 1. The second-order valence-electron chi connectivity index (χ2n) is 5.25. The van der Waals surface area contributed by atoms with Gasteiger partial charge in [-0.25, -0.2) is 4.98 Å². The van der Waals surface area contributed by atoms with E-state index in [1.54, 1.807) is 6.07 Å². The van der Waals surface area contributed by atoms with Crippen LogP contribution in [-0.2, 0) is 0 Å². The first kappa shape index (κ1) is 13.9. The van der Waals surface area contributed by atoms with Crippen molar-refractivity contribution in [1.29, 1.82) is 0 Å². The number of amides is 1. The maximum absolute atomic E-state index is 12.5. The van der Waals surface area contributed by atoms with Crippen molar-refractivity contribution in [2.45, 2.75) is 12.3 Å². The summed E-state index contributed by atoms with van der Waals surface area (Å²) < 4.78 is 0. The first-order valence-corrected chi connectivity index (χ1v) is 7.28. The number of halogens is 1. The largest absolute Gasteiger partial charge is 0.397 e. The van der Waals surface area contributed by atoms with Gasteiger partial charge in [-0.15, -0.1) is 0 Å². The Morgan fingerprint density at radius 2 is 2.10 bits per heavy atom. The van der Waals surface area contributed by atoms with E-state index in [0.717, 1.165) is 13.0 Å². The summed E-state index contributed by atoms with van der Waals surface area (Å²) in [4.78, 5) is 18.3. The van der Waals surface area contributed by atoms with Gasteiger partial charge in [-0.3, -0.25) is 4.79 Å². The molecule has 1 aliphatic rings. The van der Waals surface area contributed by atoms with E-state index in [0.29, 0.717) is 23.7 Å². The molecule has 1 amide bonds. The molecule has 3 rings (SSSR count). The summed E-state index contributed by atoms with van der Waals surface area (Å²) in [5, 5.41) is 0.206. The lowest BCUT2D eigenvalue weighted by atomic mass is 9.99. The molecular formula is C16H16ClN3O. The second-order valence-corrected chi connectivity index (χ2v) is 5.61. The van der Waals surface area contributed by atoms with E-state index in [2.05, 4.69) is 17.1 Å². The molecule has 1 atom stereocenters. The highest BCUT2D eigenvalue weighted by Gasteiger charge is 2.29. The van der Waals surface area contributed by atoms with Crippen LogP contribution in [0.15, 0.2) is 42.6 Å². The molecule has 1 saturated heterocycles. The third kappa shape index (κ3) is 2.85. The number of hydrogen-bond acceptors (Lipinski definition) is 3. The van der Waals surface area contributed by atoms with Crippen LogP contribution in [0.4, 0.5) is 5.69 Å². The van der Waals surface area contributed by atoms with Crippen molar-refractivity contribution in [2.24, 2.45) is 0 Å². The predicted molar refractivity (Wildman–Crippen MR) is 83.4 cm³/mol. The summed E-state index contributed by atoms with van der Waals surface area (Å²) in [7, 11) is 0. The van der Waals surface area contributed by atoms with Gasteiger partial charge in [0.2, 0.25) is 0 Å². The van der Waals surface area contributed by atoms with Crippen molar-refractivity contribution in [3.8, 4) is 0 Å². The summed E-state index contributed by atoms with van der Waals surface area (Å²) in [5.41, 5.74) is 7.78. The van der Waals surface area contributed by atoms with Crippen molar-refractivity contribution in [3.05, 3.63) is 58.9 Å². The van der Waals surface area contributed by atoms with Gasteiger partial charge in [0.1, 0.15) is 5.15 Å². The molecule has 0 bridgehead atoms. The molecule has 5 heteroatoms. The Bertz CT molecular complexity index is 660. The topological polar surface area (TPSA) is 59.2 Å². The highest BCUT2D eigenvalue weighted by atomic mass is 35.5. The summed E-state index contributed by atoms with van der Waals surface area (Å²) >= 11 is 6.01. The number of anilines is 1. The minimum atomic E-state index is -0.0989. The molecule has 0 radical (unpaired) electrons. The Morgan fingerprint density at radius 3 is 2.86 bits per heavy atom. The molecule has 0 aliphatic carbocycles. The number of nitrogen functional groups attached to an aromatic ring is 1. The van der Waals surface area contributed by atoms with Crippen molar-refractivity contribution in [3.63, 3.8) is 0 Å². The third-order valence-electron chi connectivity index (χ3n) is 3.84. The van der Waals surface area contributed by atoms with Crippen LogP contribution in [0.5, 0.6) is 0 Å². The molecule has 2 heterocycles. The van der Waals surface area contributed by atoms with E-state index >= 15 is 0 Å². The lowest BCUT2D eigenvalue weighted by Gasteiger charge is -2.17. The molecule has 1 aromatic heterocycles. The fraction of sp³-hybridized carbons (Fsp3) is 0.250. The summed E-state index contributed by atoms with van der Waals surface area (Å²) in [6, 6.07) is 11.9. The molecule has 2 N–H and O–H groups in total. The van der Waals surface area contributed by atoms with Gasteiger partial charge in [0.25, 0.3) is 5.91 Å². The van der Waals surface area contributed by atoms with Gasteiger partial charge in [-0.1, -0.05) is 41.9 Å². The molecule has 1 unspecified atom stereocenters. The van der Waals surface area contributed by atoms with E-state index in [9.17, 15) is 4.79 Å². The maximum Gasteiger partial charge on any atom is 0.257 e. The third-order valence-corrected chi connectivity index (χ3v) is 4.14. The number of likely N-dealkylation sites (tertiary alicyclic amines) is 1. The normalized spacial score (nSPS) is 18.0. The summed E-state index contributed by atoms with van der Waals surface area (Å²) in [6.07, 6.45) is 2.42. The molecule has 108 valence electrons. The first-order chi connectivity index (χ1) is 10.1. The monoisotopic (exact) mass is 301 g/mol. The number of pyridine rings is 1. The van der Waals surface area contributed by atoms with Gasteiger partial charge >= 0.3 is 0 Å². The van der Waals surface area contributed by atoms with E-state index in [1.165, 1.54) is 11.8 Å². The van der Waals surface area contributed by atoms with Crippen LogP contribution in [-0.4, -0.2) is 28.9 Å². The molecular weight excluding hydrogens is 286 g/mol. The molecule has 0 spiro atoms. The van der Waals surface area contributed by atoms with Gasteiger partial charge in [0.05, 0.1) is 17.4 Å². The SMILES string of the molecule is Nc1cnc(Cl)c(C(=O)N2CCC(c3ccccc3)C2)c1. The zero-order valence-corrected chi connectivity index (χ0v) is 12.3. The molecule has 2 aromatic rings. The minimum Gasteiger partial charge on any atom is -0.397 e. The standard InChI is InChI=1S/C16H16ClN3O/c17-15-14(8-13(18)9-19-15)16(21)20-7-6-12(10-20)11-4-2-1-3-5-11/h1-5,8-9,12H,6-7,10,18H2. The smallest absolute Gasteiger partial charge is 0.257 e. The quantitative estimate of drug-likeness (QED) is 0.868. The van der Waals surface area contributed by atoms with Crippen LogP contribution in [0, 0.1) is 0 Å². The maximum atomic E-state index is 12.5. The van der Waals surface area contributed by atoms with Gasteiger partial charge in [0, 0.05) is 19.0 Å². The number of carbonyl (C=O) groups excluding carboxylic acids is 1. The Morgan fingerprint density at radius 1 is 1.33 bits per heavy atom. The molecule has 0 saturated carbocycles. The predicted octanol–water partition coefficient (Wildman–Crippen LogP) is 2.95. The summed E-state index contributed by atoms with van der Waals surface area (Å²) in [6.45, 7) is 1.43. The highest BCUT2D eigenvalue weighted by molar-refractivity contribution is 6.32. The summed E-state index contributed by atoms with van der Waals surface area (Å²) in [5.74, 6) is 0.279. The van der Waals surface area contributed by atoms with Gasteiger partial charge in [-0.05, 0) is 18.1 Å². The Hall–Kier alpha value is -2.07. The number of carbonyl (C=O) groups is 1. The molecule has 21 heavy (non-hydrogen) atoms. The van der Waals surface area contributed by atoms with Crippen molar-refractivity contribution in [1.82, 2.24) is 9.88 Å².